The van der Waals surface area contributed by atoms with Gasteiger partial charge < -0.3 is 10.0 Å². The van der Waals surface area contributed by atoms with Gasteiger partial charge in [0.2, 0.25) is 0 Å². The maximum atomic E-state index is 13.4. The first kappa shape index (κ1) is 16.7. The first-order valence-electron chi connectivity index (χ1n) is 7.84. The molecule has 1 aliphatic rings. The van der Waals surface area contributed by atoms with Crippen molar-refractivity contribution in [3.63, 3.8) is 0 Å². The van der Waals surface area contributed by atoms with Crippen LogP contribution < -0.4 is 4.90 Å². The molecule has 0 spiro atoms. The minimum atomic E-state index is -1.13. The molecule has 1 N–H and O–H groups in total. The van der Waals surface area contributed by atoms with Gasteiger partial charge in [0.05, 0.1) is 5.02 Å². The third kappa shape index (κ3) is 3.51. The Morgan fingerprint density at radius 1 is 1.42 bits per heavy atom. The third-order valence-corrected chi connectivity index (χ3v) is 4.70. The van der Waals surface area contributed by atoms with Gasteiger partial charge in [-0.05, 0) is 55.0 Å². The minimum Gasteiger partial charge on any atom is -0.476 e. The highest BCUT2D eigenvalue weighted by molar-refractivity contribution is 6.33. The molecule has 24 heavy (non-hydrogen) atoms. The van der Waals surface area contributed by atoms with E-state index in [1.807, 2.05) is 12.1 Å². The van der Waals surface area contributed by atoms with Crippen LogP contribution >= 0.6 is 11.6 Å². The minimum absolute atomic E-state index is 0.119. The van der Waals surface area contributed by atoms with Crippen molar-refractivity contribution in [1.29, 1.82) is 0 Å². The van der Waals surface area contributed by atoms with Gasteiger partial charge in [-0.15, -0.1) is 0 Å². The summed E-state index contributed by atoms with van der Waals surface area (Å²) in [5.41, 5.74) is 1.66. The molecular weight excluding hydrogens is 331 g/mol. The zero-order valence-electron chi connectivity index (χ0n) is 13.3. The topological polar surface area (TPSA) is 53.4 Å². The summed E-state index contributed by atoms with van der Waals surface area (Å²) in [6.45, 7) is 3.38. The monoisotopic (exact) mass is 348 g/mol. The molecule has 1 saturated heterocycles. The largest absolute Gasteiger partial charge is 0.476 e. The van der Waals surface area contributed by atoms with Gasteiger partial charge >= 0.3 is 5.97 Å². The van der Waals surface area contributed by atoms with Crippen LogP contribution in [0.5, 0.6) is 0 Å². The van der Waals surface area contributed by atoms with Crippen LogP contribution in [0.1, 0.15) is 28.0 Å². The zero-order valence-corrected chi connectivity index (χ0v) is 14.1. The second-order valence-electron chi connectivity index (χ2n) is 6.19. The molecular formula is C18H18ClFN2O2. The van der Waals surface area contributed by atoms with E-state index in [0.717, 1.165) is 31.5 Å². The summed E-state index contributed by atoms with van der Waals surface area (Å²) in [7, 11) is 0. The summed E-state index contributed by atoms with van der Waals surface area (Å²) in [6.07, 6.45) is 1.86. The number of pyridine rings is 1. The van der Waals surface area contributed by atoms with Gasteiger partial charge in [0.15, 0.2) is 5.69 Å². The Hall–Kier alpha value is -2.14. The number of rotatable bonds is 4. The maximum absolute atomic E-state index is 13.4. The maximum Gasteiger partial charge on any atom is 0.356 e. The molecule has 0 bridgehead atoms. The molecule has 0 radical (unpaired) electrons. The van der Waals surface area contributed by atoms with Crippen LogP contribution in [-0.4, -0.2) is 29.1 Å². The molecule has 0 aliphatic carbocycles. The predicted molar refractivity (Wildman–Crippen MR) is 91.4 cm³/mol. The molecule has 3 rings (SSSR count). The first-order chi connectivity index (χ1) is 11.4. The molecule has 4 nitrogen and oxygen atoms in total. The molecule has 1 fully saturated rings. The lowest BCUT2D eigenvalue weighted by atomic mass is 9.97. The summed E-state index contributed by atoms with van der Waals surface area (Å²) in [4.78, 5) is 17.4. The Kier molecular flexibility index (Phi) is 4.71. The molecule has 2 heterocycles. The number of anilines is 1. The molecule has 1 aliphatic heterocycles. The van der Waals surface area contributed by atoms with Crippen LogP contribution in [0.25, 0.3) is 0 Å². The van der Waals surface area contributed by atoms with Crippen LogP contribution in [0.2, 0.25) is 5.02 Å². The molecule has 2 aromatic rings. The van der Waals surface area contributed by atoms with Gasteiger partial charge in [0.1, 0.15) is 11.6 Å². The molecule has 126 valence electrons. The van der Waals surface area contributed by atoms with E-state index < -0.39 is 5.97 Å². The van der Waals surface area contributed by atoms with Crippen molar-refractivity contribution in [3.05, 3.63) is 58.0 Å². The SMILES string of the molecule is Cc1cc(CC2CCN(c3ccc(Cl)c(C(=O)O)n3)C2)ccc1F. The normalized spacial score (nSPS) is 17.3. The van der Waals surface area contributed by atoms with E-state index in [4.69, 9.17) is 16.7 Å². The first-order valence-corrected chi connectivity index (χ1v) is 8.21. The van der Waals surface area contributed by atoms with Crippen molar-refractivity contribution in [2.24, 2.45) is 5.92 Å². The molecule has 0 saturated carbocycles. The number of aryl methyl sites for hydroxylation is 1. The molecule has 1 aromatic heterocycles. The number of hydrogen-bond donors (Lipinski definition) is 1. The Bertz CT molecular complexity index is 782. The van der Waals surface area contributed by atoms with Crippen molar-refractivity contribution in [2.75, 3.05) is 18.0 Å². The number of benzene rings is 1. The second kappa shape index (κ2) is 6.77. The number of carboxylic acid groups (broad SMARTS) is 1. The van der Waals surface area contributed by atoms with Crippen molar-refractivity contribution in [2.45, 2.75) is 19.8 Å². The fourth-order valence-electron chi connectivity index (χ4n) is 3.13. The Morgan fingerprint density at radius 3 is 2.92 bits per heavy atom. The summed E-state index contributed by atoms with van der Waals surface area (Å²) >= 11 is 5.87. The van der Waals surface area contributed by atoms with Crippen molar-refractivity contribution >= 4 is 23.4 Å². The summed E-state index contributed by atoms with van der Waals surface area (Å²) in [5, 5.41) is 9.27. The second-order valence-corrected chi connectivity index (χ2v) is 6.60. The van der Waals surface area contributed by atoms with Crippen molar-refractivity contribution in [1.82, 2.24) is 4.98 Å². The number of aromatic nitrogens is 1. The highest BCUT2D eigenvalue weighted by atomic mass is 35.5. The van der Waals surface area contributed by atoms with Gasteiger partial charge in [-0.2, -0.15) is 0 Å². The summed E-state index contributed by atoms with van der Waals surface area (Å²) < 4.78 is 13.4. The average molecular weight is 349 g/mol. The average Bonchev–Trinajstić information content (AvgIpc) is 2.99. The predicted octanol–water partition coefficient (Wildman–Crippen LogP) is 3.95. The van der Waals surface area contributed by atoms with Crippen molar-refractivity contribution < 1.29 is 14.3 Å². The third-order valence-electron chi connectivity index (χ3n) is 4.39. The van der Waals surface area contributed by atoms with E-state index in [1.165, 1.54) is 6.07 Å². The number of halogens is 2. The van der Waals surface area contributed by atoms with Crippen LogP contribution in [0, 0.1) is 18.7 Å². The fourth-order valence-corrected chi connectivity index (χ4v) is 3.32. The Morgan fingerprint density at radius 2 is 2.21 bits per heavy atom. The summed E-state index contributed by atoms with van der Waals surface area (Å²) in [5.74, 6) is -0.243. The smallest absolute Gasteiger partial charge is 0.356 e. The number of nitrogens with zero attached hydrogens (tertiary/aromatic N) is 2. The lowest BCUT2D eigenvalue weighted by Gasteiger charge is -2.18. The highest BCUT2D eigenvalue weighted by Crippen LogP contribution is 2.27. The Balaban J connectivity index is 1.70. The van der Waals surface area contributed by atoms with Crippen molar-refractivity contribution in [3.8, 4) is 0 Å². The van der Waals surface area contributed by atoms with Gasteiger partial charge in [-0.3, -0.25) is 0 Å². The molecule has 1 aromatic carbocycles. The molecule has 6 heteroatoms. The number of aromatic carboxylic acids is 1. The van der Waals surface area contributed by atoms with E-state index >= 15 is 0 Å². The lowest BCUT2D eigenvalue weighted by Crippen LogP contribution is -2.22. The zero-order chi connectivity index (χ0) is 17.3. The number of carboxylic acids is 1. The van der Waals surface area contributed by atoms with Gasteiger partial charge in [-0.25, -0.2) is 14.2 Å². The van der Waals surface area contributed by atoms with Crippen LogP contribution in [-0.2, 0) is 6.42 Å². The van der Waals surface area contributed by atoms with Crippen LogP contribution in [0.3, 0.4) is 0 Å². The van der Waals surface area contributed by atoms with Crippen LogP contribution in [0.15, 0.2) is 30.3 Å². The van der Waals surface area contributed by atoms with Gasteiger partial charge in [0.25, 0.3) is 0 Å². The van der Waals surface area contributed by atoms with E-state index in [1.54, 1.807) is 19.1 Å². The molecule has 0 amide bonds. The van der Waals surface area contributed by atoms with E-state index in [-0.39, 0.29) is 16.5 Å². The van der Waals surface area contributed by atoms with E-state index in [9.17, 15) is 9.18 Å². The quantitative estimate of drug-likeness (QED) is 0.909. The highest BCUT2D eigenvalue weighted by Gasteiger charge is 2.25. The van der Waals surface area contributed by atoms with Gasteiger partial charge in [-0.1, -0.05) is 23.7 Å². The molecule has 1 atom stereocenters. The lowest BCUT2D eigenvalue weighted by molar-refractivity contribution is 0.0691. The summed E-state index contributed by atoms with van der Waals surface area (Å²) in [6, 6.07) is 8.55. The van der Waals surface area contributed by atoms with E-state index in [0.29, 0.717) is 17.3 Å². The van der Waals surface area contributed by atoms with E-state index in [2.05, 4.69) is 9.88 Å². The Labute approximate surface area is 144 Å². The standard InChI is InChI=1S/C18H18ClFN2O2/c1-11-8-12(2-4-15(11)20)9-13-6-7-22(10-13)16-5-3-14(19)17(21-16)18(23)24/h2-5,8,13H,6-7,9-10H2,1H3,(H,23,24). The number of carbonyl (C=O) groups is 1. The number of hydrogen-bond acceptors (Lipinski definition) is 3. The van der Waals surface area contributed by atoms with Crippen LogP contribution in [0.4, 0.5) is 10.2 Å². The van der Waals surface area contributed by atoms with Gasteiger partial charge in [0, 0.05) is 13.1 Å². The fraction of sp³-hybridized carbons (Fsp3) is 0.333. The molecule has 1 unspecified atom stereocenters.